The maximum Gasteiger partial charge on any atom is 0.317 e. The molecule has 16 heavy (non-hydrogen) atoms. The van der Waals surface area contributed by atoms with Crippen molar-refractivity contribution in [1.82, 2.24) is 4.98 Å². The first-order valence-corrected chi connectivity index (χ1v) is 5.78. The molecule has 3 N–H and O–H groups in total. The fraction of sp³-hybridized carbons (Fsp3) is 0.500. The van der Waals surface area contributed by atoms with E-state index in [1.165, 1.54) is 37.7 Å². The van der Waals surface area contributed by atoms with Crippen LogP contribution >= 0.6 is 0 Å². The lowest BCUT2D eigenvalue weighted by molar-refractivity contribution is 0.259. The number of carbonyl (C=O) groups is 1. The van der Waals surface area contributed by atoms with Gasteiger partial charge >= 0.3 is 6.03 Å². The molecule has 0 atom stereocenters. The normalized spacial score (nSPS) is 17.0. The summed E-state index contributed by atoms with van der Waals surface area (Å²) in [5.74, 6) is 1.16. The van der Waals surface area contributed by atoms with Crippen molar-refractivity contribution in [1.29, 1.82) is 0 Å². The van der Waals surface area contributed by atoms with Gasteiger partial charge in [-0.3, -0.25) is 5.32 Å². The number of pyridine rings is 1. The smallest absolute Gasteiger partial charge is 0.317 e. The van der Waals surface area contributed by atoms with E-state index in [1.54, 1.807) is 0 Å². The predicted octanol–water partition coefficient (Wildman–Crippen LogP) is 2.62. The summed E-state index contributed by atoms with van der Waals surface area (Å²) < 4.78 is 0. The van der Waals surface area contributed by atoms with Crippen LogP contribution < -0.4 is 11.1 Å². The number of nitrogens with zero attached hydrogens (tertiary/aromatic N) is 1. The molecule has 4 nitrogen and oxygen atoms in total. The molecule has 0 aliphatic heterocycles. The van der Waals surface area contributed by atoms with E-state index in [-0.39, 0.29) is 0 Å². The van der Waals surface area contributed by atoms with Crippen LogP contribution in [0.25, 0.3) is 0 Å². The highest BCUT2D eigenvalue weighted by atomic mass is 16.2. The lowest BCUT2D eigenvalue weighted by Crippen LogP contribution is -2.20. The monoisotopic (exact) mass is 219 g/mol. The Bertz CT molecular complexity index is 355. The quantitative estimate of drug-likeness (QED) is 0.802. The van der Waals surface area contributed by atoms with Crippen LogP contribution in [-0.2, 0) is 0 Å². The van der Waals surface area contributed by atoms with Crippen LogP contribution in [0, 0.1) is 0 Å². The molecule has 2 amide bonds. The third kappa shape index (κ3) is 2.72. The number of urea groups is 1. The van der Waals surface area contributed by atoms with Gasteiger partial charge in [-0.25, -0.2) is 9.78 Å². The van der Waals surface area contributed by atoms with E-state index in [2.05, 4.69) is 10.3 Å². The second kappa shape index (κ2) is 4.96. The Balaban J connectivity index is 2.03. The zero-order valence-electron chi connectivity index (χ0n) is 9.28. The minimum atomic E-state index is -0.571. The number of aromatic nitrogens is 1. The van der Waals surface area contributed by atoms with E-state index < -0.39 is 6.03 Å². The third-order valence-corrected chi connectivity index (χ3v) is 3.11. The summed E-state index contributed by atoms with van der Waals surface area (Å²) in [6.07, 6.45) is 8.33. The Labute approximate surface area is 95.3 Å². The first-order valence-electron chi connectivity index (χ1n) is 5.78. The van der Waals surface area contributed by atoms with Gasteiger partial charge in [-0.15, -0.1) is 0 Å². The van der Waals surface area contributed by atoms with Crippen molar-refractivity contribution >= 4 is 11.8 Å². The number of nitrogens with one attached hydrogen (secondary N) is 1. The lowest BCUT2D eigenvalue weighted by atomic mass is 9.85. The summed E-state index contributed by atoms with van der Waals surface area (Å²) >= 11 is 0. The topological polar surface area (TPSA) is 68.0 Å². The number of rotatable bonds is 2. The van der Waals surface area contributed by atoms with Crippen LogP contribution in [0.2, 0.25) is 0 Å². The SMILES string of the molecule is NC(=O)Nc1ccc(C2CCCCC2)cn1. The molecule has 1 fully saturated rings. The highest BCUT2D eigenvalue weighted by Gasteiger charge is 2.15. The van der Waals surface area contributed by atoms with Crippen molar-refractivity contribution in [3.05, 3.63) is 23.9 Å². The van der Waals surface area contributed by atoms with E-state index >= 15 is 0 Å². The predicted molar refractivity (Wildman–Crippen MR) is 63.3 cm³/mol. The van der Waals surface area contributed by atoms with Crippen molar-refractivity contribution in [2.24, 2.45) is 5.73 Å². The third-order valence-electron chi connectivity index (χ3n) is 3.11. The van der Waals surface area contributed by atoms with Gasteiger partial charge in [-0.2, -0.15) is 0 Å². The zero-order chi connectivity index (χ0) is 11.4. The maximum atomic E-state index is 10.6. The van der Waals surface area contributed by atoms with E-state index in [0.29, 0.717) is 11.7 Å². The summed E-state index contributed by atoms with van der Waals surface area (Å²) in [5, 5.41) is 2.46. The van der Waals surface area contributed by atoms with Crippen LogP contribution in [0.1, 0.15) is 43.6 Å². The summed E-state index contributed by atoms with van der Waals surface area (Å²) in [6, 6.07) is 3.28. The van der Waals surface area contributed by atoms with Gasteiger partial charge in [-0.1, -0.05) is 25.3 Å². The minimum absolute atomic E-state index is 0.520. The summed E-state index contributed by atoms with van der Waals surface area (Å²) in [4.78, 5) is 14.8. The molecule has 2 rings (SSSR count). The van der Waals surface area contributed by atoms with Crippen LogP contribution in [0.3, 0.4) is 0 Å². The van der Waals surface area contributed by atoms with Crippen LogP contribution in [0.4, 0.5) is 10.6 Å². The molecule has 1 aromatic rings. The van der Waals surface area contributed by atoms with Crippen LogP contribution in [0.15, 0.2) is 18.3 Å². The molecule has 86 valence electrons. The molecule has 0 radical (unpaired) electrons. The van der Waals surface area contributed by atoms with Crippen molar-refractivity contribution in [2.45, 2.75) is 38.0 Å². The lowest BCUT2D eigenvalue weighted by Gasteiger charge is -2.21. The first kappa shape index (κ1) is 10.9. The van der Waals surface area contributed by atoms with Crippen LogP contribution in [-0.4, -0.2) is 11.0 Å². The van der Waals surface area contributed by atoms with Gasteiger partial charge in [0.2, 0.25) is 0 Å². The molecule has 1 aliphatic carbocycles. The molecule has 4 heteroatoms. The highest BCUT2D eigenvalue weighted by Crippen LogP contribution is 2.32. The van der Waals surface area contributed by atoms with Gasteiger partial charge < -0.3 is 5.73 Å². The van der Waals surface area contributed by atoms with Gasteiger partial charge in [0.05, 0.1) is 0 Å². The molecule has 0 spiro atoms. The second-order valence-electron chi connectivity index (χ2n) is 4.30. The first-order chi connectivity index (χ1) is 7.75. The number of hydrogen-bond acceptors (Lipinski definition) is 2. The van der Waals surface area contributed by atoms with Crippen LogP contribution in [0.5, 0.6) is 0 Å². The maximum absolute atomic E-state index is 10.6. The summed E-state index contributed by atoms with van der Waals surface area (Å²) in [5.41, 5.74) is 6.29. The van der Waals surface area contributed by atoms with E-state index in [0.717, 1.165) is 0 Å². The molecule has 1 saturated carbocycles. The van der Waals surface area contributed by atoms with Gasteiger partial charge in [0.15, 0.2) is 0 Å². The largest absolute Gasteiger partial charge is 0.351 e. The fourth-order valence-electron chi connectivity index (χ4n) is 2.28. The molecular formula is C12H17N3O. The Kier molecular flexibility index (Phi) is 3.39. The van der Waals surface area contributed by atoms with Crippen molar-refractivity contribution in [3.8, 4) is 0 Å². The fourth-order valence-corrected chi connectivity index (χ4v) is 2.28. The van der Waals surface area contributed by atoms with Gasteiger partial charge in [0.25, 0.3) is 0 Å². The number of anilines is 1. The summed E-state index contributed by atoms with van der Waals surface area (Å²) in [6.45, 7) is 0. The number of amides is 2. The van der Waals surface area contributed by atoms with Crippen molar-refractivity contribution < 1.29 is 4.79 Å². The van der Waals surface area contributed by atoms with E-state index in [4.69, 9.17) is 5.73 Å². The Morgan fingerprint density at radius 3 is 2.62 bits per heavy atom. The Morgan fingerprint density at radius 2 is 2.06 bits per heavy atom. The molecular weight excluding hydrogens is 202 g/mol. The molecule has 1 heterocycles. The Morgan fingerprint density at radius 1 is 1.31 bits per heavy atom. The number of hydrogen-bond donors (Lipinski definition) is 2. The molecule has 1 aromatic heterocycles. The number of carbonyl (C=O) groups excluding carboxylic acids is 1. The number of nitrogens with two attached hydrogens (primary N) is 1. The Hall–Kier alpha value is -1.58. The van der Waals surface area contributed by atoms with E-state index in [1.807, 2.05) is 18.3 Å². The van der Waals surface area contributed by atoms with Gasteiger partial charge in [0.1, 0.15) is 5.82 Å². The van der Waals surface area contributed by atoms with Gasteiger partial charge in [-0.05, 0) is 30.4 Å². The average Bonchev–Trinajstić information content (AvgIpc) is 2.30. The average molecular weight is 219 g/mol. The number of primary amides is 1. The molecule has 0 aromatic carbocycles. The second-order valence-corrected chi connectivity index (χ2v) is 4.30. The molecule has 0 bridgehead atoms. The standard InChI is InChI=1S/C12H17N3O/c13-12(16)15-11-7-6-10(8-14-11)9-4-2-1-3-5-9/h6-9H,1-5H2,(H3,13,14,15,16). The van der Waals surface area contributed by atoms with Crippen molar-refractivity contribution in [3.63, 3.8) is 0 Å². The zero-order valence-corrected chi connectivity index (χ0v) is 9.28. The summed E-state index contributed by atoms with van der Waals surface area (Å²) in [7, 11) is 0. The minimum Gasteiger partial charge on any atom is -0.351 e. The highest BCUT2D eigenvalue weighted by molar-refractivity contribution is 5.86. The van der Waals surface area contributed by atoms with E-state index in [9.17, 15) is 4.79 Å². The molecule has 1 aliphatic rings. The molecule has 0 unspecified atom stereocenters. The van der Waals surface area contributed by atoms with Crippen molar-refractivity contribution in [2.75, 3.05) is 5.32 Å². The van der Waals surface area contributed by atoms with Gasteiger partial charge in [0, 0.05) is 6.20 Å². The molecule has 0 saturated heterocycles.